The second-order valence-electron chi connectivity index (χ2n) is 3.12. The van der Waals surface area contributed by atoms with Crippen LogP contribution in [0.5, 0.6) is 0 Å². The van der Waals surface area contributed by atoms with Crippen LogP contribution in [0.1, 0.15) is 51.9 Å². The van der Waals surface area contributed by atoms with Crippen molar-refractivity contribution in [3.05, 3.63) is 0 Å². The number of hydrogen-bond acceptors (Lipinski definition) is 0. The molecule has 1 aliphatic rings. The van der Waals surface area contributed by atoms with Gasteiger partial charge in [-0.15, -0.1) is 0 Å². The minimum absolute atomic E-state index is 1.32. The zero-order valence-electron chi connectivity index (χ0n) is 7.66. The van der Waals surface area contributed by atoms with Gasteiger partial charge in [0.1, 0.15) is 0 Å². The molecule has 10 heavy (non-hydrogen) atoms. The van der Waals surface area contributed by atoms with Gasteiger partial charge >= 0.3 is 36.2 Å². The third kappa shape index (κ3) is 8.60. The molecule has 1 fully saturated rings. The van der Waals surface area contributed by atoms with Gasteiger partial charge in [-0.2, -0.15) is 0 Å². The van der Waals surface area contributed by atoms with E-state index >= 15 is 0 Å². The van der Waals surface area contributed by atoms with E-state index in [0.717, 1.165) is 0 Å². The molecule has 56 valence electrons. The Bertz CT molecular complexity index is 35.2. The van der Waals surface area contributed by atoms with Gasteiger partial charge in [-0.3, -0.25) is 0 Å². The van der Waals surface area contributed by atoms with E-state index < -0.39 is 0 Å². The summed E-state index contributed by atoms with van der Waals surface area (Å²) < 4.78 is 0. The van der Waals surface area contributed by atoms with Gasteiger partial charge in [0, 0.05) is 0 Å². The fourth-order valence-electron chi connectivity index (χ4n) is 1.06. The maximum atomic E-state index is 2.18. The molecule has 0 unspecified atom stereocenters. The molecule has 0 aromatic heterocycles. The van der Waals surface area contributed by atoms with Crippen molar-refractivity contribution in [3.8, 4) is 0 Å². The van der Waals surface area contributed by atoms with Crippen molar-refractivity contribution >= 4 is 17.7 Å². The fourth-order valence-corrected chi connectivity index (χ4v) is 1.06. The molecular weight excluding hydrogens is 115 g/mol. The van der Waals surface area contributed by atoms with Crippen LogP contribution in [0.3, 0.4) is 0 Å². The zero-order chi connectivity index (χ0) is 7.66. The summed E-state index contributed by atoms with van der Waals surface area (Å²) in [6, 6.07) is 0. The van der Waals surface area contributed by atoms with Crippen molar-refractivity contribution in [3.63, 3.8) is 0 Å². The van der Waals surface area contributed by atoms with Crippen LogP contribution in [-0.2, 0) is 0 Å². The Morgan fingerprint density at radius 3 is 1.20 bits per heavy atom. The molecule has 1 aliphatic carbocycles. The predicted molar refractivity (Wildman–Crippen MR) is 48.6 cm³/mol. The fraction of sp³-hybridized carbons (Fsp3) is 1.00. The molecule has 0 radical (unpaired) electrons. The van der Waals surface area contributed by atoms with Crippen LogP contribution in [-0.4, -0.2) is 17.7 Å². The molecule has 0 saturated heterocycles. The van der Waals surface area contributed by atoms with Crippen molar-refractivity contribution < 1.29 is 0 Å². The van der Waals surface area contributed by atoms with E-state index in [-0.39, 0.29) is 0 Å². The van der Waals surface area contributed by atoms with Gasteiger partial charge in [0.25, 0.3) is 0 Å². The monoisotopic (exact) mass is 134 g/mol. The first-order valence-corrected chi connectivity index (χ1v) is 4.91. The van der Waals surface area contributed by atoms with Crippen LogP contribution in [0.4, 0.5) is 0 Å². The van der Waals surface area contributed by atoms with Gasteiger partial charge in [-0.25, -0.2) is 0 Å². The molecule has 0 heterocycles. The first kappa shape index (κ1) is 10.6. The Morgan fingerprint density at radius 2 is 1.10 bits per heavy atom. The number of rotatable bonds is 1. The van der Waals surface area contributed by atoms with Crippen LogP contribution < -0.4 is 0 Å². The molecule has 1 saturated carbocycles. The van der Waals surface area contributed by atoms with E-state index in [1.54, 1.807) is 0 Å². The first-order chi connectivity index (χ1) is 4.91. The quantitative estimate of drug-likeness (QED) is 0.482. The SMILES string of the molecule is C1CCCCC1.[Li][CH2]CC. The molecule has 0 spiro atoms. The van der Waals surface area contributed by atoms with E-state index in [2.05, 4.69) is 24.6 Å². The molecule has 1 heteroatoms. The van der Waals surface area contributed by atoms with E-state index in [4.69, 9.17) is 0 Å². The van der Waals surface area contributed by atoms with Crippen LogP contribution in [0.25, 0.3) is 0 Å². The third-order valence-corrected chi connectivity index (χ3v) is 2.00. The summed E-state index contributed by atoms with van der Waals surface area (Å²) in [5, 5.41) is 1.32. The summed E-state index contributed by atoms with van der Waals surface area (Å²) in [5.74, 6) is 0. The number of hydrogen-bond donors (Lipinski definition) is 0. The Hall–Kier alpha value is 0.597. The van der Waals surface area contributed by atoms with E-state index in [9.17, 15) is 0 Å². The summed E-state index contributed by atoms with van der Waals surface area (Å²) >= 11 is 2.18. The van der Waals surface area contributed by atoms with Crippen LogP contribution in [0.2, 0.25) is 5.09 Å². The van der Waals surface area contributed by atoms with Gasteiger partial charge in [-0.05, 0) is 0 Å². The first-order valence-electron chi connectivity index (χ1n) is 4.91. The molecule has 0 aliphatic heterocycles. The van der Waals surface area contributed by atoms with E-state index in [1.165, 1.54) is 50.0 Å². The third-order valence-electron chi connectivity index (χ3n) is 2.00. The van der Waals surface area contributed by atoms with Crippen LogP contribution in [0.15, 0.2) is 0 Å². The van der Waals surface area contributed by atoms with Gasteiger partial charge in [0.05, 0.1) is 0 Å². The van der Waals surface area contributed by atoms with Crippen molar-refractivity contribution in [2.45, 2.75) is 57.0 Å². The molecule has 0 amide bonds. The van der Waals surface area contributed by atoms with Gasteiger partial charge < -0.3 is 0 Å². The average molecular weight is 134 g/mol. The summed E-state index contributed by atoms with van der Waals surface area (Å²) in [6.07, 6.45) is 10.3. The van der Waals surface area contributed by atoms with Gasteiger partial charge in [0.2, 0.25) is 0 Å². The average Bonchev–Trinajstić information content (AvgIpc) is 2.08. The van der Waals surface area contributed by atoms with E-state index in [0.29, 0.717) is 0 Å². The summed E-state index contributed by atoms with van der Waals surface area (Å²) in [5.41, 5.74) is 0. The second-order valence-corrected chi connectivity index (χ2v) is 3.12. The van der Waals surface area contributed by atoms with Crippen LogP contribution in [0, 0.1) is 0 Å². The molecule has 0 nitrogen and oxygen atoms in total. The maximum absolute atomic E-state index is 2.18. The van der Waals surface area contributed by atoms with Gasteiger partial charge in [-0.1, -0.05) is 38.5 Å². The normalized spacial score (nSPS) is 17.5. The minimum atomic E-state index is 1.32. The summed E-state index contributed by atoms with van der Waals surface area (Å²) in [6.45, 7) is 2.18. The zero-order valence-corrected chi connectivity index (χ0v) is 7.66. The Kier molecular flexibility index (Phi) is 10.2. The van der Waals surface area contributed by atoms with Crippen LogP contribution >= 0.6 is 0 Å². The molecule has 0 atom stereocenters. The van der Waals surface area contributed by atoms with Crippen molar-refractivity contribution in [1.82, 2.24) is 0 Å². The molecule has 1 rings (SSSR count). The summed E-state index contributed by atoms with van der Waals surface area (Å²) in [7, 11) is 0. The topological polar surface area (TPSA) is 0 Å². The predicted octanol–water partition coefficient (Wildman–Crippen LogP) is 3.32. The van der Waals surface area contributed by atoms with Crippen molar-refractivity contribution in [1.29, 1.82) is 0 Å². The van der Waals surface area contributed by atoms with Gasteiger partial charge in [0.15, 0.2) is 0 Å². The molecule has 0 N–H and O–H groups in total. The van der Waals surface area contributed by atoms with E-state index in [1.807, 2.05) is 0 Å². The molecule has 0 bridgehead atoms. The van der Waals surface area contributed by atoms with Crippen molar-refractivity contribution in [2.75, 3.05) is 0 Å². The molecular formula is C9H19Li. The standard InChI is InChI=1S/C6H12.C3H7.Li/c1-2-4-6-5-3-1;1-3-2;/h1-6H2;1,3H2,2H3;. The Balaban J connectivity index is 0.000000180. The second kappa shape index (κ2) is 9.60. The molecule has 0 aromatic carbocycles. The Labute approximate surface area is 75.0 Å². The molecule has 0 aromatic rings. The summed E-state index contributed by atoms with van der Waals surface area (Å²) in [4.78, 5) is 0. The van der Waals surface area contributed by atoms with Crippen molar-refractivity contribution in [2.24, 2.45) is 0 Å². The Morgan fingerprint density at radius 1 is 0.900 bits per heavy atom.